The van der Waals surface area contributed by atoms with Crippen molar-refractivity contribution in [1.82, 2.24) is 14.8 Å². The maximum absolute atomic E-state index is 10.9. The van der Waals surface area contributed by atoms with E-state index in [2.05, 4.69) is 26.9 Å². The first-order chi connectivity index (χ1) is 11.6. The number of aryl methyl sites for hydroxylation is 1. The van der Waals surface area contributed by atoms with Gasteiger partial charge in [-0.15, -0.1) is 10.2 Å². The zero-order valence-corrected chi connectivity index (χ0v) is 13.9. The third kappa shape index (κ3) is 3.80. The third-order valence-electron chi connectivity index (χ3n) is 3.57. The summed E-state index contributed by atoms with van der Waals surface area (Å²) < 4.78 is 2.05. The zero-order chi connectivity index (χ0) is 16.9. The van der Waals surface area contributed by atoms with Crippen LogP contribution in [-0.2, 0) is 12.3 Å². The topological polar surface area (TPSA) is 73.8 Å². The number of non-ortho nitro benzene ring substituents is 1. The molecule has 0 aliphatic rings. The predicted octanol–water partition coefficient (Wildman–Crippen LogP) is 3.84. The average Bonchev–Trinajstić information content (AvgIpc) is 2.94. The van der Waals surface area contributed by atoms with Gasteiger partial charge in [0.1, 0.15) is 5.82 Å². The molecule has 3 rings (SSSR count). The Morgan fingerprint density at radius 3 is 2.58 bits per heavy atom. The molecule has 0 radical (unpaired) electrons. The summed E-state index contributed by atoms with van der Waals surface area (Å²) in [6.07, 6.45) is 0. The van der Waals surface area contributed by atoms with Crippen LogP contribution in [0.15, 0.2) is 59.8 Å². The van der Waals surface area contributed by atoms with Crippen molar-refractivity contribution in [3.05, 3.63) is 81.7 Å². The predicted molar refractivity (Wildman–Crippen MR) is 93.0 cm³/mol. The maximum Gasteiger partial charge on any atom is 0.269 e. The van der Waals surface area contributed by atoms with Gasteiger partial charge in [-0.2, -0.15) is 0 Å². The van der Waals surface area contributed by atoms with Crippen LogP contribution in [0.1, 0.15) is 17.0 Å². The van der Waals surface area contributed by atoms with Crippen molar-refractivity contribution in [1.29, 1.82) is 0 Å². The van der Waals surface area contributed by atoms with Crippen LogP contribution in [0, 0.1) is 17.0 Å². The van der Waals surface area contributed by atoms with Crippen LogP contribution in [-0.4, -0.2) is 19.7 Å². The van der Waals surface area contributed by atoms with E-state index in [1.165, 1.54) is 23.4 Å². The van der Waals surface area contributed by atoms with Gasteiger partial charge in [0.15, 0.2) is 5.16 Å². The van der Waals surface area contributed by atoms with Crippen LogP contribution < -0.4 is 0 Å². The van der Waals surface area contributed by atoms with Gasteiger partial charge in [0, 0.05) is 17.9 Å². The molecule has 0 bridgehead atoms. The summed E-state index contributed by atoms with van der Waals surface area (Å²) in [4.78, 5) is 10.5. The van der Waals surface area contributed by atoms with E-state index in [1.54, 1.807) is 12.1 Å². The van der Waals surface area contributed by atoms with Gasteiger partial charge in [0.25, 0.3) is 5.69 Å². The molecule has 1 aromatic heterocycles. The van der Waals surface area contributed by atoms with Gasteiger partial charge in [-0.05, 0) is 18.1 Å². The number of nitrogens with zero attached hydrogens (tertiary/aromatic N) is 4. The van der Waals surface area contributed by atoms with Gasteiger partial charge in [0.2, 0.25) is 0 Å². The lowest BCUT2D eigenvalue weighted by atomic mass is 10.2. The number of rotatable bonds is 6. The fraction of sp³-hybridized carbons (Fsp3) is 0.176. The lowest BCUT2D eigenvalue weighted by molar-refractivity contribution is -0.384. The van der Waals surface area contributed by atoms with Crippen LogP contribution in [0.25, 0.3) is 0 Å². The highest BCUT2D eigenvalue weighted by Gasteiger charge is 2.11. The molecule has 0 spiro atoms. The Labute approximate surface area is 143 Å². The number of nitro benzene ring substituents is 1. The number of aromatic nitrogens is 3. The molecule has 122 valence electrons. The van der Waals surface area contributed by atoms with Gasteiger partial charge in [0.05, 0.1) is 11.5 Å². The van der Waals surface area contributed by atoms with Crippen LogP contribution in [0.2, 0.25) is 0 Å². The highest BCUT2D eigenvalue weighted by atomic mass is 32.2. The molecule has 6 nitrogen and oxygen atoms in total. The molecular formula is C17H16N4O2S. The van der Waals surface area contributed by atoms with E-state index in [-0.39, 0.29) is 10.6 Å². The molecule has 0 N–H and O–H groups in total. The molecule has 1 heterocycles. The highest BCUT2D eigenvalue weighted by molar-refractivity contribution is 7.98. The zero-order valence-electron chi connectivity index (χ0n) is 13.1. The fourth-order valence-electron chi connectivity index (χ4n) is 2.32. The summed E-state index contributed by atoms with van der Waals surface area (Å²) in [6, 6.07) is 16.8. The molecule has 0 aliphatic heterocycles. The lowest BCUT2D eigenvalue weighted by Gasteiger charge is -2.08. The second kappa shape index (κ2) is 7.27. The number of hydrogen-bond acceptors (Lipinski definition) is 5. The lowest BCUT2D eigenvalue weighted by Crippen LogP contribution is -2.03. The minimum atomic E-state index is -0.379. The minimum absolute atomic E-state index is 0.107. The molecule has 24 heavy (non-hydrogen) atoms. The highest BCUT2D eigenvalue weighted by Crippen LogP contribution is 2.24. The Balaban J connectivity index is 1.74. The van der Waals surface area contributed by atoms with Gasteiger partial charge in [-0.1, -0.05) is 54.2 Å². The standard InChI is InChI=1S/C17H16N4O2S/c1-13-18-19-17(20(13)11-14-6-3-2-4-7-14)24-12-15-8-5-9-16(10-15)21(22)23/h2-10H,11-12H2,1H3. The van der Waals surface area contributed by atoms with Crippen LogP contribution in [0.4, 0.5) is 5.69 Å². The molecule has 2 aromatic carbocycles. The van der Waals surface area contributed by atoms with Gasteiger partial charge >= 0.3 is 0 Å². The van der Waals surface area contributed by atoms with Crippen LogP contribution >= 0.6 is 11.8 Å². The Morgan fingerprint density at radius 1 is 1.08 bits per heavy atom. The summed E-state index contributed by atoms with van der Waals surface area (Å²) in [5.74, 6) is 1.45. The summed E-state index contributed by atoms with van der Waals surface area (Å²) in [5, 5.41) is 20.0. The molecular weight excluding hydrogens is 324 g/mol. The maximum atomic E-state index is 10.9. The molecule has 7 heteroatoms. The number of nitro groups is 1. The minimum Gasteiger partial charge on any atom is -0.302 e. The van der Waals surface area contributed by atoms with Crippen molar-refractivity contribution < 1.29 is 4.92 Å². The molecule has 0 aliphatic carbocycles. The SMILES string of the molecule is Cc1nnc(SCc2cccc([N+](=O)[O-])c2)n1Cc1ccccc1. The van der Waals surface area contributed by atoms with Crippen molar-refractivity contribution >= 4 is 17.4 Å². The van der Waals surface area contributed by atoms with Crippen molar-refractivity contribution in [3.8, 4) is 0 Å². The summed E-state index contributed by atoms with van der Waals surface area (Å²) in [6.45, 7) is 2.63. The van der Waals surface area contributed by atoms with E-state index in [9.17, 15) is 10.1 Å². The van der Waals surface area contributed by atoms with Crippen molar-refractivity contribution in [2.45, 2.75) is 24.4 Å². The molecule has 0 amide bonds. The quantitative estimate of drug-likeness (QED) is 0.387. The smallest absolute Gasteiger partial charge is 0.269 e. The molecule has 0 saturated heterocycles. The normalized spacial score (nSPS) is 10.7. The summed E-state index contributed by atoms with van der Waals surface area (Å²) >= 11 is 1.53. The van der Waals surface area contributed by atoms with Crippen LogP contribution in [0.3, 0.4) is 0 Å². The Hall–Kier alpha value is -2.67. The van der Waals surface area contributed by atoms with E-state index in [0.29, 0.717) is 12.3 Å². The summed E-state index contributed by atoms with van der Waals surface area (Å²) in [7, 11) is 0. The number of thioether (sulfide) groups is 1. The van der Waals surface area contributed by atoms with Crippen LogP contribution in [0.5, 0.6) is 0 Å². The number of hydrogen-bond donors (Lipinski definition) is 0. The van der Waals surface area contributed by atoms with Gasteiger partial charge < -0.3 is 4.57 Å². The van der Waals surface area contributed by atoms with Crippen molar-refractivity contribution in [2.24, 2.45) is 0 Å². The second-order valence-electron chi connectivity index (χ2n) is 5.32. The monoisotopic (exact) mass is 340 g/mol. The van der Waals surface area contributed by atoms with E-state index < -0.39 is 0 Å². The average molecular weight is 340 g/mol. The Kier molecular flexibility index (Phi) is 4.90. The van der Waals surface area contributed by atoms with Gasteiger partial charge in [-0.25, -0.2) is 0 Å². The first kappa shape index (κ1) is 16.2. The third-order valence-corrected chi connectivity index (χ3v) is 4.61. The Bertz CT molecular complexity index is 849. The van der Waals surface area contributed by atoms with Crippen molar-refractivity contribution in [3.63, 3.8) is 0 Å². The second-order valence-corrected chi connectivity index (χ2v) is 6.26. The van der Waals surface area contributed by atoms with Gasteiger partial charge in [-0.3, -0.25) is 10.1 Å². The first-order valence-corrected chi connectivity index (χ1v) is 8.42. The largest absolute Gasteiger partial charge is 0.302 e. The van der Waals surface area contributed by atoms with E-state index >= 15 is 0 Å². The Morgan fingerprint density at radius 2 is 1.83 bits per heavy atom. The fourth-order valence-corrected chi connectivity index (χ4v) is 3.25. The summed E-state index contributed by atoms with van der Waals surface area (Å²) in [5.41, 5.74) is 2.17. The number of benzene rings is 2. The molecule has 0 fully saturated rings. The van der Waals surface area contributed by atoms with E-state index in [4.69, 9.17) is 0 Å². The molecule has 0 unspecified atom stereocenters. The van der Waals surface area contributed by atoms with Crippen molar-refractivity contribution in [2.75, 3.05) is 0 Å². The van der Waals surface area contributed by atoms with E-state index in [1.807, 2.05) is 31.2 Å². The molecule has 3 aromatic rings. The van der Waals surface area contributed by atoms with E-state index in [0.717, 1.165) is 16.5 Å². The molecule has 0 saturated carbocycles. The first-order valence-electron chi connectivity index (χ1n) is 7.43. The molecule has 0 atom stereocenters.